The van der Waals surface area contributed by atoms with Gasteiger partial charge in [-0.05, 0) is 0 Å². The third-order valence-corrected chi connectivity index (χ3v) is 6.27. The molecule has 0 saturated heterocycles. The molecule has 28 heteroatoms. The van der Waals surface area contributed by atoms with Crippen molar-refractivity contribution in [1.29, 1.82) is 0 Å². The average Bonchev–Trinajstić information content (AvgIpc) is 2.89. The second-order valence-corrected chi connectivity index (χ2v) is 10.5. The molecule has 12 nitrogen and oxygen atoms in total. The van der Waals surface area contributed by atoms with Crippen molar-refractivity contribution in [3.63, 3.8) is 0 Å². The number of carbonyl (C=O) groups is 3. The number of halogens is 15. The molecule has 0 rings (SSSR count). The van der Waals surface area contributed by atoms with E-state index >= 15 is 0 Å². The minimum atomic E-state index is -6.18. The lowest BCUT2D eigenvalue weighted by molar-refractivity contribution is -0.297. The Kier molecular flexibility index (Phi) is 16.8. The van der Waals surface area contributed by atoms with Crippen LogP contribution in [0.1, 0.15) is 6.42 Å². The van der Waals surface area contributed by atoms with Crippen molar-refractivity contribution in [2.24, 2.45) is 5.92 Å². The van der Waals surface area contributed by atoms with E-state index in [1.165, 1.54) is 0 Å². The SMILES string of the molecule is O=C(CC(C(=O)OCCOCC(F)(F)C(F)(F)F)C(C(=O)OCCOCC(F)(F)C(F)(F)F)S(=O)(=O)[O-])OCCOCC(F)(F)C(F)(F)F. The van der Waals surface area contributed by atoms with Gasteiger partial charge in [-0.3, -0.25) is 14.4 Å². The molecule has 0 aromatic rings. The number of hydrogen-bond donors (Lipinski definition) is 0. The number of ether oxygens (including phenoxy) is 6. The first-order chi connectivity index (χ1) is 21.9. The molecule has 2 unspecified atom stereocenters. The van der Waals surface area contributed by atoms with Crippen molar-refractivity contribution in [2.45, 2.75) is 48.0 Å². The molecule has 0 radical (unpaired) electrons. The molecule has 0 aromatic carbocycles. The van der Waals surface area contributed by atoms with Crippen molar-refractivity contribution in [1.82, 2.24) is 0 Å². The molecule has 290 valence electrons. The molecule has 49 heavy (non-hydrogen) atoms. The van der Waals surface area contributed by atoms with Gasteiger partial charge in [-0.25, -0.2) is 8.42 Å². The monoisotopic (exact) mass is 783 g/mol. The molecule has 0 aliphatic carbocycles. The summed E-state index contributed by atoms with van der Waals surface area (Å²) < 4.78 is 247. The van der Waals surface area contributed by atoms with E-state index in [1.807, 2.05) is 0 Å². The normalized spacial score (nSPS) is 15.0. The Morgan fingerprint density at radius 3 is 1.12 bits per heavy atom. The third kappa shape index (κ3) is 15.7. The maximum absolute atomic E-state index is 12.9. The van der Waals surface area contributed by atoms with Crippen molar-refractivity contribution < 1.29 is 122 Å². The summed E-state index contributed by atoms with van der Waals surface area (Å²) in [6.07, 6.45) is -20.0. The van der Waals surface area contributed by atoms with Crippen molar-refractivity contribution in [3.8, 4) is 0 Å². The molecule has 0 fully saturated rings. The molecule has 0 aromatic heterocycles. The number of carbonyl (C=O) groups excluding carboxylic acids is 3. The first-order valence-electron chi connectivity index (χ1n) is 12.4. The number of hydrogen-bond acceptors (Lipinski definition) is 12. The van der Waals surface area contributed by atoms with Crippen LogP contribution in [0, 0.1) is 5.92 Å². The van der Waals surface area contributed by atoms with Gasteiger partial charge >= 0.3 is 54.2 Å². The van der Waals surface area contributed by atoms with Crippen LogP contribution in [0.3, 0.4) is 0 Å². The molecule has 0 heterocycles. The zero-order chi connectivity index (χ0) is 38.7. The fourth-order valence-electron chi connectivity index (χ4n) is 2.69. The van der Waals surface area contributed by atoms with Gasteiger partial charge in [0.2, 0.25) is 0 Å². The first kappa shape index (κ1) is 46.1. The predicted molar refractivity (Wildman–Crippen MR) is 120 cm³/mol. The molecular weight excluding hydrogens is 761 g/mol. The Morgan fingerprint density at radius 2 is 0.816 bits per heavy atom. The molecule has 0 spiro atoms. The Morgan fingerprint density at radius 1 is 0.510 bits per heavy atom. The van der Waals surface area contributed by atoms with Crippen LogP contribution < -0.4 is 0 Å². The van der Waals surface area contributed by atoms with E-state index in [1.54, 1.807) is 0 Å². The molecular formula is C21H22F15O12S-. The van der Waals surface area contributed by atoms with E-state index < -0.39 is 141 Å². The Hall–Kier alpha value is -2.85. The minimum Gasteiger partial charge on any atom is -0.747 e. The van der Waals surface area contributed by atoms with Crippen LogP contribution in [0.15, 0.2) is 0 Å². The number of alkyl halides is 15. The van der Waals surface area contributed by atoms with Gasteiger partial charge in [0.1, 0.15) is 49.8 Å². The molecule has 0 aliphatic rings. The van der Waals surface area contributed by atoms with Gasteiger partial charge < -0.3 is 33.0 Å². The molecule has 0 N–H and O–H groups in total. The highest BCUT2D eigenvalue weighted by Crippen LogP contribution is 2.37. The van der Waals surface area contributed by atoms with Crippen LogP contribution in [0.2, 0.25) is 0 Å². The highest BCUT2D eigenvalue weighted by molar-refractivity contribution is 7.87. The van der Waals surface area contributed by atoms with E-state index in [0.29, 0.717) is 0 Å². The summed E-state index contributed by atoms with van der Waals surface area (Å²) >= 11 is 0. The van der Waals surface area contributed by atoms with Gasteiger partial charge in [0.15, 0.2) is 5.25 Å². The Bertz CT molecular complexity index is 1190. The second kappa shape index (κ2) is 17.9. The lowest BCUT2D eigenvalue weighted by atomic mass is 10.0. The maximum atomic E-state index is 12.9. The van der Waals surface area contributed by atoms with Crippen molar-refractivity contribution >= 4 is 28.0 Å². The van der Waals surface area contributed by atoms with E-state index in [-0.39, 0.29) is 0 Å². The minimum absolute atomic E-state index is 1.20. The topological polar surface area (TPSA) is 164 Å². The number of rotatable bonds is 21. The van der Waals surface area contributed by atoms with Crippen LogP contribution in [-0.2, 0) is 52.9 Å². The summed E-state index contributed by atoms with van der Waals surface area (Å²) in [5, 5.41) is -3.37. The van der Waals surface area contributed by atoms with Crippen LogP contribution in [0.25, 0.3) is 0 Å². The van der Waals surface area contributed by atoms with E-state index in [9.17, 15) is 93.2 Å². The molecule has 0 amide bonds. The van der Waals surface area contributed by atoms with Gasteiger partial charge in [-0.1, -0.05) is 0 Å². The third-order valence-electron chi connectivity index (χ3n) is 5.13. The largest absolute Gasteiger partial charge is 0.747 e. The first-order valence-corrected chi connectivity index (χ1v) is 13.8. The summed E-state index contributed by atoms with van der Waals surface area (Å²) in [5.74, 6) is -25.3. The van der Waals surface area contributed by atoms with Crippen LogP contribution in [0.5, 0.6) is 0 Å². The van der Waals surface area contributed by atoms with Gasteiger partial charge in [-0.15, -0.1) is 0 Å². The molecule has 0 aliphatic heterocycles. The van der Waals surface area contributed by atoms with Gasteiger partial charge in [0.25, 0.3) is 0 Å². The zero-order valence-corrected chi connectivity index (χ0v) is 24.5. The number of esters is 3. The van der Waals surface area contributed by atoms with Gasteiger partial charge in [0.05, 0.1) is 32.2 Å². The van der Waals surface area contributed by atoms with E-state index in [0.717, 1.165) is 0 Å². The molecule has 0 bridgehead atoms. The Labute approximate surface area is 263 Å². The smallest absolute Gasteiger partial charge is 0.455 e. The Balaban J connectivity index is 5.65. The second-order valence-electron chi connectivity index (χ2n) is 9.04. The van der Waals surface area contributed by atoms with Crippen LogP contribution >= 0.6 is 0 Å². The summed E-state index contributed by atoms with van der Waals surface area (Å²) in [6.45, 7) is -14.7. The quantitative estimate of drug-likeness (QED) is 0.0551. The van der Waals surface area contributed by atoms with Crippen LogP contribution in [0.4, 0.5) is 65.9 Å². The highest BCUT2D eigenvalue weighted by Gasteiger charge is 2.59. The summed E-state index contributed by atoms with van der Waals surface area (Å²) in [7, 11) is -6.18. The lowest BCUT2D eigenvalue weighted by Gasteiger charge is -2.26. The maximum Gasteiger partial charge on any atom is 0.455 e. The standard InChI is InChI=1S/C21H23F15O12S/c22-16(23,19(28,29)30)8-43-1-4-46-12(37)7-11(14(38)47-5-2-44-9-17(24,25)20(31,32)33)13(49(40,41)42)15(39)48-6-3-45-10-18(26,27)21(34,35)36/h11,13H,1-10H2,(H,40,41,42)/p-1. The van der Waals surface area contributed by atoms with Gasteiger partial charge in [0, 0.05) is 0 Å². The fraction of sp³-hybridized carbons (Fsp3) is 0.857. The zero-order valence-electron chi connectivity index (χ0n) is 23.7. The highest BCUT2D eigenvalue weighted by atomic mass is 32.2. The van der Waals surface area contributed by atoms with Gasteiger partial charge in [-0.2, -0.15) is 65.9 Å². The average molecular weight is 783 g/mol. The summed E-state index contributed by atoms with van der Waals surface area (Å²) in [6, 6.07) is 0. The predicted octanol–water partition coefficient (Wildman–Crippen LogP) is 3.18. The lowest BCUT2D eigenvalue weighted by Crippen LogP contribution is -2.45. The van der Waals surface area contributed by atoms with Crippen LogP contribution in [-0.4, -0.2) is 132 Å². The van der Waals surface area contributed by atoms with E-state index in [4.69, 9.17) is 0 Å². The van der Waals surface area contributed by atoms with E-state index in [2.05, 4.69) is 28.4 Å². The molecule has 0 saturated carbocycles. The summed E-state index contributed by atoms with van der Waals surface area (Å²) in [4.78, 5) is 37.0. The fourth-order valence-corrected chi connectivity index (χ4v) is 3.60. The van der Waals surface area contributed by atoms with Crippen molar-refractivity contribution in [3.05, 3.63) is 0 Å². The summed E-state index contributed by atoms with van der Waals surface area (Å²) in [5.41, 5.74) is 0. The molecule has 2 atom stereocenters. The van der Waals surface area contributed by atoms with Crippen molar-refractivity contribution in [2.75, 3.05) is 59.5 Å².